The summed E-state index contributed by atoms with van der Waals surface area (Å²) in [4.78, 5) is 12.6. The maximum atomic E-state index is 10.7. The lowest BCUT2D eigenvalue weighted by atomic mass is 10.1. The molecule has 88 valence electrons. The van der Waals surface area contributed by atoms with Gasteiger partial charge in [-0.3, -0.25) is 9.69 Å². The van der Waals surface area contributed by atoms with Crippen LogP contribution in [0, 0.1) is 0 Å². The fraction of sp³-hybridized carbons (Fsp3) is 0.417. The number of hydrogen-bond acceptors (Lipinski definition) is 3. The minimum Gasteiger partial charge on any atom is -0.480 e. The molecule has 0 fully saturated rings. The topological polar surface area (TPSA) is 66.6 Å². The molecule has 1 rings (SSSR count). The minimum absolute atomic E-state index is 0.0211. The zero-order chi connectivity index (χ0) is 12.0. The second-order valence-corrected chi connectivity index (χ2v) is 3.74. The average molecular weight is 222 g/mol. The van der Waals surface area contributed by atoms with E-state index in [4.69, 9.17) is 10.8 Å². The quantitative estimate of drug-likeness (QED) is 0.756. The number of carboxylic acids is 1. The Morgan fingerprint density at radius 1 is 1.44 bits per heavy atom. The van der Waals surface area contributed by atoms with Crippen molar-refractivity contribution in [2.75, 3.05) is 19.6 Å². The van der Waals surface area contributed by atoms with E-state index in [1.165, 1.54) is 0 Å². The van der Waals surface area contributed by atoms with Crippen molar-refractivity contribution in [1.82, 2.24) is 4.90 Å². The van der Waals surface area contributed by atoms with Crippen LogP contribution in [-0.2, 0) is 4.79 Å². The monoisotopic (exact) mass is 222 g/mol. The molecule has 1 atom stereocenters. The van der Waals surface area contributed by atoms with Gasteiger partial charge < -0.3 is 10.8 Å². The van der Waals surface area contributed by atoms with Crippen LogP contribution in [0.4, 0.5) is 0 Å². The lowest BCUT2D eigenvalue weighted by Crippen LogP contribution is -2.36. The van der Waals surface area contributed by atoms with Crippen LogP contribution < -0.4 is 5.73 Å². The van der Waals surface area contributed by atoms with E-state index < -0.39 is 5.97 Å². The van der Waals surface area contributed by atoms with Crippen molar-refractivity contribution in [2.24, 2.45) is 5.73 Å². The lowest BCUT2D eigenvalue weighted by molar-refractivity contribution is -0.138. The van der Waals surface area contributed by atoms with Gasteiger partial charge in [0.1, 0.15) is 0 Å². The smallest absolute Gasteiger partial charge is 0.317 e. The molecule has 0 saturated carbocycles. The van der Waals surface area contributed by atoms with Gasteiger partial charge in [-0.1, -0.05) is 30.3 Å². The van der Waals surface area contributed by atoms with Crippen molar-refractivity contribution >= 4 is 5.97 Å². The van der Waals surface area contributed by atoms with Crippen molar-refractivity contribution in [1.29, 1.82) is 0 Å². The predicted molar refractivity (Wildman–Crippen MR) is 63.1 cm³/mol. The van der Waals surface area contributed by atoms with Gasteiger partial charge in [0.05, 0.1) is 6.54 Å². The Hall–Kier alpha value is -1.39. The van der Waals surface area contributed by atoms with Crippen LogP contribution in [0.5, 0.6) is 0 Å². The summed E-state index contributed by atoms with van der Waals surface area (Å²) in [5.41, 5.74) is 6.59. The van der Waals surface area contributed by atoms with Crippen molar-refractivity contribution < 1.29 is 9.90 Å². The standard InChI is InChI=1S/C12H18N2O2/c1-10(11-5-3-2-4-6-11)14(8-7-13)9-12(15)16/h2-6,10H,7-9,13H2,1H3,(H,15,16). The van der Waals surface area contributed by atoms with Gasteiger partial charge in [-0.15, -0.1) is 0 Å². The summed E-state index contributed by atoms with van der Waals surface area (Å²) in [5.74, 6) is -0.823. The highest BCUT2D eigenvalue weighted by Gasteiger charge is 2.17. The van der Waals surface area contributed by atoms with E-state index in [0.29, 0.717) is 13.1 Å². The van der Waals surface area contributed by atoms with Crippen LogP contribution in [0.2, 0.25) is 0 Å². The summed E-state index contributed by atoms with van der Waals surface area (Å²) < 4.78 is 0. The molecule has 3 N–H and O–H groups in total. The summed E-state index contributed by atoms with van der Waals surface area (Å²) in [6, 6.07) is 9.91. The predicted octanol–water partition coefficient (Wildman–Crippen LogP) is 1.09. The highest BCUT2D eigenvalue weighted by molar-refractivity contribution is 5.69. The average Bonchev–Trinajstić information content (AvgIpc) is 2.28. The highest BCUT2D eigenvalue weighted by Crippen LogP contribution is 2.18. The van der Waals surface area contributed by atoms with Gasteiger partial charge in [0.2, 0.25) is 0 Å². The Kier molecular flexibility index (Phi) is 4.95. The van der Waals surface area contributed by atoms with E-state index in [1.807, 2.05) is 42.2 Å². The molecule has 0 spiro atoms. The molecule has 0 saturated heterocycles. The zero-order valence-corrected chi connectivity index (χ0v) is 9.47. The van der Waals surface area contributed by atoms with E-state index in [9.17, 15) is 4.79 Å². The van der Waals surface area contributed by atoms with Crippen molar-refractivity contribution in [3.63, 3.8) is 0 Å². The Bertz CT molecular complexity index is 327. The SMILES string of the molecule is CC(c1ccccc1)N(CCN)CC(=O)O. The normalized spacial score (nSPS) is 12.7. The third-order valence-electron chi connectivity index (χ3n) is 2.58. The number of nitrogens with zero attached hydrogens (tertiary/aromatic N) is 1. The molecule has 0 aliphatic heterocycles. The molecule has 0 radical (unpaired) electrons. The molecule has 0 aliphatic rings. The van der Waals surface area contributed by atoms with Crippen LogP contribution in [0.1, 0.15) is 18.5 Å². The summed E-state index contributed by atoms with van der Waals surface area (Å²) in [5, 5.41) is 8.82. The van der Waals surface area contributed by atoms with Gasteiger partial charge in [-0.25, -0.2) is 0 Å². The van der Waals surface area contributed by atoms with Gasteiger partial charge in [-0.05, 0) is 12.5 Å². The van der Waals surface area contributed by atoms with Gasteiger partial charge >= 0.3 is 5.97 Å². The number of hydrogen-bond donors (Lipinski definition) is 2. The number of nitrogens with two attached hydrogens (primary N) is 1. The fourth-order valence-electron chi connectivity index (χ4n) is 1.69. The molecule has 4 nitrogen and oxygen atoms in total. The largest absolute Gasteiger partial charge is 0.480 e. The molecule has 1 unspecified atom stereocenters. The van der Waals surface area contributed by atoms with Crippen molar-refractivity contribution in [3.05, 3.63) is 35.9 Å². The first-order chi connectivity index (χ1) is 7.65. The number of rotatable bonds is 6. The van der Waals surface area contributed by atoms with Gasteiger partial charge in [0, 0.05) is 19.1 Å². The number of aliphatic carboxylic acids is 1. The van der Waals surface area contributed by atoms with Crippen LogP contribution in [0.25, 0.3) is 0 Å². The van der Waals surface area contributed by atoms with Gasteiger partial charge in [0.25, 0.3) is 0 Å². The van der Waals surface area contributed by atoms with Crippen molar-refractivity contribution in [3.8, 4) is 0 Å². The van der Waals surface area contributed by atoms with E-state index in [1.54, 1.807) is 0 Å². The molecule has 16 heavy (non-hydrogen) atoms. The Balaban J connectivity index is 2.74. The first-order valence-corrected chi connectivity index (χ1v) is 5.36. The third kappa shape index (κ3) is 3.64. The van der Waals surface area contributed by atoms with Crippen molar-refractivity contribution in [2.45, 2.75) is 13.0 Å². The van der Waals surface area contributed by atoms with E-state index >= 15 is 0 Å². The molecular formula is C12H18N2O2. The molecular weight excluding hydrogens is 204 g/mol. The van der Waals surface area contributed by atoms with Gasteiger partial charge in [0.15, 0.2) is 0 Å². The number of benzene rings is 1. The first-order valence-electron chi connectivity index (χ1n) is 5.36. The number of carboxylic acid groups (broad SMARTS) is 1. The molecule has 0 aromatic heterocycles. The van der Waals surface area contributed by atoms with Crippen LogP contribution >= 0.6 is 0 Å². The molecule has 1 aromatic carbocycles. The number of carbonyl (C=O) groups is 1. The summed E-state index contributed by atoms with van der Waals surface area (Å²) >= 11 is 0. The van der Waals surface area contributed by atoms with E-state index in [0.717, 1.165) is 5.56 Å². The summed E-state index contributed by atoms with van der Waals surface area (Å²) in [6.07, 6.45) is 0. The molecule has 1 aromatic rings. The summed E-state index contributed by atoms with van der Waals surface area (Å²) in [7, 11) is 0. The second-order valence-electron chi connectivity index (χ2n) is 3.74. The summed E-state index contributed by atoms with van der Waals surface area (Å²) in [6.45, 7) is 3.06. The van der Waals surface area contributed by atoms with E-state index in [-0.39, 0.29) is 12.6 Å². The highest BCUT2D eigenvalue weighted by atomic mass is 16.4. The lowest BCUT2D eigenvalue weighted by Gasteiger charge is -2.27. The maximum absolute atomic E-state index is 10.7. The molecule has 0 amide bonds. The zero-order valence-electron chi connectivity index (χ0n) is 9.47. The molecule has 4 heteroatoms. The molecule has 0 heterocycles. The third-order valence-corrected chi connectivity index (χ3v) is 2.58. The van der Waals surface area contributed by atoms with Crippen LogP contribution in [-0.4, -0.2) is 35.6 Å². The Morgan fingerprint density at radius 3 is 2.56 bits per heavy atom. The molecule has 0 aliphatic carbocycles. The Labute approximate surface area is 95.7 Å². The fourth-order valence-corrected chi connectivity index (χ4v) is 1.69. The maximum Gasteiger partial charge on any atom is 0.317 e. The van der Waals surface area contributed by atoms with Gasteiger partial charge in [-0.2, -0.15) is 0 Å². The second kappa shape index (κ2) is 6.25. The Morgan fingerprint density at radius 2 is 2.06 bits per heavy atom. The minimum atomic E-state index is -0.823. The molecule has 0 bridgehead atoms. The van der Waals surface area contributed by atoms with Crippen LogP contribution in [0.3, 0.4) is 0 Å². The van der Waals surface area contributed by atoms with Crippen LogP contribution in [0.15, 0.2) is 30.3 Å². The van der Waals surface area contributed by atoms with E-state index in [2.05, 4.69) is 0 Å². The first kappa shape index (κ1) is 12.7.